The van der Waals surface area contributed by atoms with E-state index in [1.54, 1.807) is 12.1 Å². The molecule has 8 heteroatoms. The van der Waals surface area contributed by atoms with Crippen LogP contribution < -0.4 is 10.2 Å². The molecule has 0 saturated carbocycles. The van der Waals surface area contributed by atoms with Gasteiger partial charge in [0.05, 0.1) is 0 Å². The molecule has 0 spiro atoms. The maximum Gasteiger partial charge on any atom is 0.411 e. The first-order valence-electron chi connectivity index (χ1n) is 7.25. The zero-order chi connectivity index (χ0) is 16.9. The first-order valence-corrected chi connectivity index (χ1v) is 7.25. The summed E-state index contributed by atoms with van der Waals surface area (Å²) in [5.41, 5.74) is 0.911. The van der Waals surface area contributed by atoms with E-state index in [1.807, 2.05) is 0 Å². The maximum atomic E-state index is 12.9. The van der Waals surface area contributed by atoms with E-state index < -0.39 is 25.3 Å². The molecule has 1 aliphatic rings. The average Bonchev–Trinajstić information content (AvgIpc) is 2.93. The van der Waals surface area contributed by atoms with Crippen LogP contribution in [0.1, 0.15) is 6.42 Å². The fourth-order valence-electron chi connectivity index (χ4n) is 2.45. The Morgan fingerprint density at radius 2 is 2.00 bits per heavy atom. The highest BCUT2D eigenvalue weighted by Crippen LogP contribution is 2.23. The number of halogens is 4. The van der Waals surface area contributed by atoms with Gasteiger partial charge in [0.1, 0.15) is 19.0 Å². The molecule has 1 saturated heterocycles. The molecule has 2 rings (SSSR count). The van der Waals surface area contributed by atoms with Crippen molar-refractivity contribution in [3.05, 3.63) is 30.1 Å². The van der Waals surface area contributed by atoms with Crippen molar-refractivity contribution in [3.8, 4) is 0 Å². The van der Waals surface area contributed by atoms with Crippen LogP contribution in [0.2, 0.25) is 0 Å². The Labute approximate surface area is 131 Å². The van der Waals surface area contributed by atoms with E-state index in [4.69, 9.17) is 0 Å². The molecule has 1 atom stereocenters. The van der Waals surface area contributed by atoms with Crippen LogP contribution >= 0.6 is 0 Å². The lowest BCUT2D eigenvalue weighted by atomic mass is 10.1. The molecule has 128 valence electrons. The Hall–Kier alpha value is -1.83. The van der Waals surface area contributed by atoms with Gasteiger partial charge in [0.2, 0.25) is 5.91 Å². The number of nitrogens with one attached hydrogen (secondary N) is 1. The highest BCUT2D eigenvalue weighted by atomic mass is 19.4. The van der Waals surface area contributed by atoms with E-state index in [9.17, 15) is 22.4 Å². The molecule has 1 N–H and O–H groups in total. The normalized spacial score (nSPS) is 18.3. The summed E-state index contributed by atoms with van der Waals surface area (Å²) in [6, 6.07) is 6.17. The monoisotopic (exact) mass is 334 g/mol. The van der Waals surface area contributed by atoms with Crippen molar-refractivity contribution in [2.45, 2.75) is 12.6 Å². The first kappa shape index (κ1) is 17.5. The number of hydrogen-bond acceptors (Lipinski definition) is 3. The van der Waals surface area contributed by atoms with Crippen LogP contribution in [0.15, 0.2) is 24.3 Å². The number of carbonyl (C=O) groups excluding carboxylic acids is 1. The van der Waals surface area contributed by atoms with Gasteiger partial charge in [-0.15, -0.1) is 0 Å². The lowest BCUT2D eigenvalue weighted by Crippen LogP contribution is -2.34. The Bertz CT molecular complexity index is 519. The number of nitrogens with zero attached hydrogens (tertiary/aromatic N) is 1. The fraction of sp³-hybridized carbons (Fsp3) is 0.533. The van der Waals surface area contributed by atoms with Gasteiger partial charge in [0.15, 0.2) is 0 Å². The summed E-state index contributed by atoms with van der Waals surface area (Å²) >= 11 is 0. The van der Waals surface area contributed by atoms with Gasteiger partial charge in [-0.05, 0) is 36.6 Å². The molecule has 1 heterocycles. The van der Waals surface area contributed by atoms with Gasteiger partial charge in [-0.1, -0.05) is 0 Å². The Kier molecular flexibility index (Phi) is 5.81. The SMILES string of the molecule is O=C(COCC(F)(F)F)NCC1CCN(c2ccc(F)cc2)C1. The van der Waals surface area contributed by atoms with Gasteiger partial charge in [-0.2, -0.15) is 13.2 Å². The van der Waals surface area contributed by atoms with Gasteiger partial charge in [0, 0.05) is 25.3 Å². The number of alkyl halides is 3. The average molecular weight is 334 g/mol. The van der Waals surface area contributed by atoms with E-state index in [0.29, 0.717) is 13.1 Å². The summed E-state index contributed by atoms with van der Waals surface area (Å²) in [6.45, 7) is -0.159. The summed E-state index contributed by atoms with van der Waals surface area (Å²) in [5, 5.41) is 2.57. The number of anilines is 1. The molecule has 0 bridgehead atoms. The van der Waals surface area contributed by atoms with E-state index in [0.717, 1.165) is 18.7 Å². The van der Waals surface area contributed by atoms with Gasteiger partial charge in [-0.3, -0.25) is 4.79 Å². The lowest BCUT2D eigenvalue weighted by Gasteiger charge is -2.18. The summed E-state index contributed by atoms with van der Waals surface area (Å²) < 4.78 is 52.8. The van der Waals surface area contributed by atoms with Crippen LogP contribution in [0.25, 0.3) is 0 Å². The van der Waals surface area contributed by atoms with Gasteiger partial charge >= 0.3 is 6.18 Å². The molecule has 1 amide bonds. The third-order valence-corrected chi connectivity index (χ3v) is 3.56. The quantitative estimate of drug-likeness (QED) is 0.812. The van der Waals surface area contributed by atoms with Crippen LogP contribution in [0.3, 0.4) is 0 Å². The van der Waals surface area contributed by atoms with Crippen LogP contribution in [-0.4, -0.2) is 44.9 Å². The highest BCUT2D eigenvalue weighted by Gasteiger charge is 2.28. The molecular weight excluding hydrogens is 316 g/mol. The van der Waals surface area contributed by atoms with E-state index in [-0.39, 0.29) is 11.7 Å². The topological polar surface area (TPSA) is 41.6 Å². The Morgan fingerprint density at radius 1 is 1.30 bits per heavy atom. The minimum atomic E-state index is -4.43. The summed E-state index contributed by atoms with van der Waals surface area (Å²) in [7, 11) is 0. The molecule has 0 radical (unpaired) electrons. The van der Waals surface area contributed by atoms with Crippen molar-refractivity contribution >= 4 is 11.6 Å². The van der Waals surface area contributed by atoms with Gasteiger partial charge < -0.3 is 15.0 Å². The lowest BCUT2D eigenvalue weighted by molar-refractivity contribution is -0.175. The largest absolute Gasteiger partial charge is 0.411 e. The smallest absolute Gasteiger partial charge is 0.371 e. The predicted octanol–water partition coefficient (Wildman–Crippen LogP) is 2.35. The molecule has 0 aromatic heterocycles. The first-order chi connectivity index (χ1) is 10.8. The number of benzene rings is 1. The van der Waals surface area contributed by atoms with E-state index in [1.165, 1.54) is 12.1 Å². The zero-order valence-corrected chi connectivity index (χ0v) is 12.4. The third kappa shape index (κ3) is 6.05. The van der Waals surface area contributed by atoms with Crippen molar-refractivity contribution in [3.63, 3.8) is 0 Å². The van der Waals surface area contributed by atoms with E-state index in [2.05, 4.69) is 15.0 Å². The standard InChI is InChI=1S/C15H18F4N2O2/c16-12-1-3-13(4-2-12)21-6-5-11(8-21)7-20-14(22)9-23-10-15(17,18)19/h1-4,11H,5-10H2,(H,20,22). The maximum absolute atomic E-state index is 12.9. The number of hydrogen-bond donors (Lipinski definition) is 1. The Balaban J connectivity index is 1.67. The summed E-state index contributed by atoms with van der Waals surface area (Å²) in [6.07, 6.45) is -3.58. The molecule has 1 aliphatic heterocycles. The van der Waals surface area contributed by atoms with Crippen LogP contribution in [0.5, 0.6) is 0 Å². The number of amides is 1. The molecule has 0 aliphatic carbocycles. The summed E-state index contributed by atoms with van der Waals surface area (Å²) in [4.78, 5) is 13.5. The number of carbonyl (C=O) groups is 1. The molecule has 1 aromatic carbocycles. The van der Waals surface area contributed by atoms with Crippen molar-refractivity contribution in [2.24, 2.45) is 5.92 Å². The highest BCUT2D eigenvalue weighted by molar-refractivity contribution is 5.77. The molecule has 1 fully saturated rings. The second-order valence-electron chi connectivity index (χ2n) is 5.49. The van der Waals surface area contributed by atoms with Gasteiger partial charge in [-0.25, -0.2) is 4.39 Å². The number of ether oxygens (including phenoxy) is 1. The number of rotatable bonds is 6. The molecule has 1 unspecified atom stereocenters. The molecule has 4 nitrogen and oxygen atoms in total. The third-order valence-electron chi connectivity index (χ3n) is 3.56. The van der Waals surface area contributed by atoms with Gasteiger partial charge in [0.25, 0.3) is 0 Å². The summed E-state index contributed by atoms with van der Waals surface area (Å²) in [5.74, 6) is -0.656. The molecule has 23 heavy (non-hydrogen) atoms. The van der Waals surface area contributed by atoms with Crippen LogP contribution in [0.4, 0.5) is 23.2 Å². The van der Waals surface area contributed by atoms with Crippen molar-refractivity contribution in [1.82, 2.24) is 5.32 Å². The second-order valence-corrected chi connectivity index (χ2v) is 5.49. The molecular formula is C15H18F4N2O2. The zero-order valence-electron chi connectivity index (χ0n) is 12.4. The van der Waals surface area contributed by atoms with E-state index >= 15 is 0 Å². The fourth-order valence-corrected chi connectivity index (χ4v) is 2.45. The minimum Gasteiger partial charge on any atom is -0.371 e. The van der Waals surface area contributed by atoms with Crippen molar-refractivity contribution < 1.29 is 27.1 Å². The van der Waals surface area contributed by atoms with Crippen molar-refractivity contribution in [2.75, 3.05) is 37.7 Å². The van der Waals surface area contributed by atoms with Crippen LogP contribution in [0, 0.1) is 11.7 Å². The van der Waals surface area contributed by atoms with Crippen LogP contribution in [-0.2, 0) is 9.53 Å². The van der Waals surface area contributed by atoms with Crippen molar-refractivity contribution in [1.29, 1.82) is 0 Å². The minimum absolute atomic E-state index is 0.201. The second kappa shape index (κ2) is 7.63. The molecule has 1 aromatic rings. The Morgan fingerprint density at radius 3 is 2.65 bits per heavy atom. The predicted molar refractivity (Wildman–Crippen MR) is 76.6 cm³/mol.